The maximum Gasteiger partial charge on any atom is 0.166 e. The molecule has 0 heterocycles. The molecule has 0 aromatic rings. The Hall–Kier alpha value is -0.120. The highest BCUT2D eigenvalue weighted by molar-refractivity contribution is 4.60. The summed E-state index contributed by atoms with van der Waals surface area (Å²) in [5, 5.41) is 9.15. The van der Waals surface area contributed by atoms with Crippen LogP contribution in [0.2, 0.25) is 0 Å². The van der Waals surface area contributed by atoms with Gasteiger partial charge in [0.15, 0.2) is 5.85 Å². The molecule has 116 valence electrons. The van der Waals surface area contributed by atoms with Crippen molar-refractivity contribution >= 4 is 0 Å². The van der Waals surface area contributed by atoms with E-state index in [1.54, 1.807) is 0 Å². The Morgan fingerprint density at radius 3 is 1.26 bits per heavy atom. The van der Waals surface area contributed by atoms with Crippen molar-refractivity contribution in [1.29, 1.82) is 0 Å². The molecule has 19 heavy (non-hydrogen) atoms. The molecule has 3 heteroatoms. The summed E-state index contributed by atoms with van der Waals surface area (Å²) >= 11 is 0. The van der Waals surface area contributed by atoms with E-state index in [2.05, 4.69) is 6.92 Å². The number of nitrogens with two attached hydrogens (primary N) is 2. The first-order valence-corrected chi connectivity index (χ1v) is 8.36. The molecular weight excluding hydrogens is 236 g/mol. The molecule has 0 aliphatic carbocycles. The standard InChI is InChI=1S/C16H36N2O/c1-2-3-4-5-6-7-8-9-10-11-12-13-14-15-16(17,18)19/h19H,2-15,17-18H2,1H3. The molecule has 0 unspecified atom stereocenters. The van der Waals surface area contributed by atoms with Crippen molar-refractivity contribution < 1.29 is 5.11 Å². The Morgan fingerprint density at radius 1 is 0.632 bits per heavy atom. The van der Waals surface area contributed by atoms with Crippen LogP contribution < -0.4 is 11.5 Å². The predicted octanol–water partition coefficient (Wildman–Crippen LogP) is 4.03. The molecule has 0 saturated carbocycles. The molecule has 0 aromatic heterocycles. The zero-order valence-electron chi connectivity index (χ0n) is 13.0. The summed E-state index contributed by atoms with van der Waals surface area (Å²) in [4.78, 5) is 0. The monoisotopic (exact) mass is 272 g/mol. The second-order valence-electron chi connectivity index (χ2n) is 5.98. The first-order chi connectivity index (χ1) is 9.06. The largest absolute Gasteiger partial charge is 0.363 e. The van der Waals surface area contributed by atoms with Crippen molar-refractivity contribution in [2.24, 2.45) is 11.5 Å². The van der Waals surface area contributed by atoms with Gasteiger partial charge < -0.3 is 5.11 Å². The molecule has 0 bridgehead atoms. The normalized spacial score (nSPS) is 12.0. The van der Waals surface area contributed by atoms with Gasteiger partial charge in [0.2, 0.25) is 0 Å². The van der Waals surface area contributed by atoms with Crippen LogP contribution in [0.5, 0.6) is 0 Å². The van der Waals surface area contributed by atoms with E-state index >= 15 is 0 Å². The van der Waals surface area contributed by atoms with Crippen molar-refractivity contribution in [3.05, 3.63) is 0 Å². The number of rotatable bonds is 14. The molecule has 0 amide bonds. The maximum atomic E-state index is 9.15. The number of hydrogen-bond donors (Lipinski definition) is 3. The SMILES string of the molecule is CCCCCCCCCCCCCCCC(N)(N)O. The second-order valence-corrected chi connectivity index (χ2v) is 5.98. The molecule has 0 radical (unpaired) electrons. The molecule has 3 nitrogen and oxygen atoms in total. The Morgan fingerprint density at radius 2 is 0.947 bits per heavy atom. The molecule has 5 N–H and O–H groups in total. The van der Waals surface area contributed by atoms with Crippen LogP contribution in [0, 0.1) is 0 Å². The Kier molecular flexibility index (Phi) is 12.8. The molecule has 0 spiro atoms. The van der Waals surface area contributed by atoms with E-state index in [-0.39, 0.29) is 0 Å². The van der Waals surface area contributed by atoms with Crippen LogP contribution in [0.25, 0.3) is 0 Å². The lowest BCUT2D eigenvalue weighted by Gasteiger charge is -2.16. The lowest BCUT2D eigenvalue weighted by atomic mass is 10.0. The van der Waals surface area contributed by atoms with E-state index in [1.807, 2.05) is 0 Å². The minimum Gasteiger partial charge on any atom is -0.363 e. The van der Waals surface area contributed by atoms with Gasteiger partial charge in [-0.25, -0.2) is 0 Å². The second kappa shape index (κ2) is 12.9. The van der Waals surface area contributed by atoms with Gasteiger partial charge in [0.25, 0.3) is 0 Å². The summed E-state index contributed by atoms with van der Waals surface area (Å²) in [5.41, 5.74) is 10.6. The third-order valence-electron chi connectivity index (χ3n) is 3.68. The third kappa shape index (κ3) is 17.9. The Balaban J connectivity index is 2.99. The molecule has 0 rings (SSSR count). The predicted molar refractivity (Wildman–Crippen MR) is 83.6 cm³/mol. The van der Waals surface area contributed by atoms with Crippen LogP contribution in [0.15, 0.2) is 0 Å². The van der Waals surface area contributed by atoms with Crippen LogP contribution >= 0.6 is 0 Å². The highest BCUT2D eigenvalue weighted by Crippen LogP contribution is 2.13. The minimum atomic E-state index is -1.46. The van der Waals surface area contributed by atoms with Gasteiger partial charge in [0, 0.05) is 6.42 Å². The number of unbranched alkanes of at least 4 members (excludes halogenated alkanes) is 12. The van der Waals surface area contributed by atoms with Gasteiger partial charge in [0.1, 0.15) is 0 Å². The van der Waals surface area contributed by atoms with Gasteiger partial charge in [-0.1, -0.05) is 84.0 Å². The first kappa shape index (κ1) is 18.9. The van der Waals surface area contributed by atoms with Crippen LogP contribution in [0.4, 0.5) is 0 Å². The molecule has 0 aromatic carbocycles. The molecule has 0 atom stereocenters. The average Bonchev–Trinajstić information content (AvgIpc) is 2.34. The summed E-state index contributed by atoms with van der Waals surface area (Å²) in [6.07, 6.45) is 17.7. The van der Waals surface area contributed by atoms with Crippen molar-refractivity contribution in [2.45, 2.75) is 103 Å². The molecule has 0 aliphatic heterocycles. The lowest BCUT2D eigenvalue weighted by Crippen LogP contribution is -2.48. The average molecular weight is 272 g/mol. The maximum absolute atomic E-state index is 9.15. The van der Waals surface area contributed by atoms with Crippen LogP contribution in [-0.2, 0) is 0 Å². The summed E-state index contributed by atoms with van der Waals surface area (Å²) < 4.78 is 0. The summed E-state index contributed by atoms with van der Waals surface area (Å²) in [5.74, 6) is -1.46. The summed E-state index contributed by atoms with van der Waals surface area (Å²) in [6.45, 7) is 2.27. The Labute approximate surface area is 120 Å². The molecule has 0 fully saturated rings. The topological polar surface area (TPSA) is 72.3 Å². The number of hydrogen-bond acceptors (Lipinski definition) is 3. The zero-order chi connectivity index (χ0) is 14.4. The van der Waals surface area contributed by atoms with E-state index in [0.717, 1.165) is 12.8 Å². The zero-order valence-corrected chi connectivity index (χ0v) is 13.0. The fourth-order valence-electron chi connectivity index (χ4n) is 2.43. The van der Waals surface area contributed by atoms with E-state index in [4.69, 9.17) is 16.6 Å². The van der Waals surface area contributed by atoms with Crippen molar-refractivity contribution in [2.75, 3.05) is 0 Å². The van der Waals surface area contributed by atoms with Gasteiger partial charge in [-0.05, 0) is 6.42 Å². The summed E-state index contributed by atoms with van der Waals surface area (Å²) in [6, 6.07) is 0. The smallest absolute Gasteiger partial charge is 0.166 e. The van der Waals surface area contributed by atoms with Crippen molar-refractivity contribution in [3.8, 4) is 0 Å². The van der Waals surface area contributed by atoms with Crippen molar-refractivity contribution in [3.63, 3.8) is 0 Å². The Bertz CT molecular complexity index is 178. The highest BCUT2D eigenvalue weighted by Gasteiger charge is 2.11. The molecular formula is C16H36N2O. The lowest BCUT2D eigenvalue weighted by molar-refractivity contribution is 0.0421. The quantitative estimate of drug-likeness (QED) is 0.330. The van der Waals surface area contributed by atoms with Crippen LogP contribution in [-0.4, -0.2) is 11.0 Å². The third-order valence-corrected chi connectivity index (χ3v) is 3.68. The molecule has 0 aliphatic rings. The van der Waals surface area contributed by atoms with Gasteiger partial charge in [-0.15, -0.1) is 0 Å². The van der Waals surface area contributed by atoms with Gasteiger partial charge in [-0.3, -0.25) is 11.5 Å². The van der Waals surface area contributed by atoms with Crippen LogP contribution in [0.3, 0.4) is 0 Å². The van der Waals surface area contributed by atoms with E-state index in [0.29, 0.717) is 6.42 Å². The van der Waals surface area contributed by atoms with Crippen LogP contribution in [0.1, 0.15) is 96.8 Å². The number of aliphatic hydroxyl groups is 1. The van der Waals surface area contributed by atoms with Gasteiger partial charge >= 0.3 is 0 Å². The van der Waals surface area contributed by atoms with Gasteiger partial charge in [-0.2, -0.15) is 0 Å². The van der Waals surface area contributed by atoms with Crippen molar-refractivity contribution in [1.82, 2.24) is 0 Å². The van der Waals surface area contributed by atoms with E-state index < -0.39 is 5.85 Å². The van der Waals surface area contributed by atoms with E-state index in [1.165, 1.54) is 70.6 Å². The minimum absolute atomic E-state index is 0.505. The van der Waals surface area contributed by atoms with Gasteiger partial charge in [0.05, 0.1) is 0 Å². The van der Waals surface area contributed by atoms with E-state index in [9.17, 15) is 0 Å². The fraction of sp³-hybridized carbons (Fsp3) is 1.00. The highest BCUT2D eigenvalue weighted by atomic mass is 16.3. The fourth-order valence-corrected chi connectivity index (χ4v) is 2.43. The summed E-state index contributed by atoms with van der Waals surface area (Å²) in [7, 11) is 0. The molecule has 0 saturated heterocycles. The first-order valence-electron chi connectivity index (χ1n) is 8.36.